The summed E-state index contributed by atoms with van der Waals surface area (Å²) in [6, 6.07) is 0. The van der Waals surface area contributed by atoms with Gasteiger partial charge in [-0.1, -0.05) is 13.8 Å². The molecule has 17 heavy (non-hydrogen) atoms. The summed E-state index contributed by atoms with van der Waals surface area (Å²) in [5.41, 5.74) is 0.759. The van der Waals surface area contributed by atoms with E-state index < -0.39 is 0 Å². The smallest absolute Gasteiger partial charge is 0.226 e. The average Bonchev–Trinajstić information content (AvgIpc) is 2.74. The fraction of sp³-hybridized carbons (Fsp3) is 0.545. The van der Waals surface area contributed by atoms with Gasteiger partial charge in [-0.3, -0.25) is 5.10 Å². The number of nitrogens with one attached hydrogen (secondary N) is 2. The van der Waals surface area contributed by atoms with Crippen molar-refractivity contribution in [1.82, 2.24) is 20.2 Å². The van der Waals surface area contributed by atoms with Crippen molar-refractivity contribution in [2.24, 2.45) is 5.92 Å². The van der Waals surface area contributed by atoms with Gasteiger partial charge in [0.05, 0.1) is 11.6 Å². The quantitative estimate of drug-likeness (QED) is 0.838. The van der Waals surface area contributed by atoms with Crippen LogP contribution in [0.15, 0.2) is 6.20 Å². The molecule has 0 spiro atoms. The van der Waals surface area contributed by atoms with Gasteiger partial charge in [-0.15, -0.1) is 0 Å². The van der Waals surface area contributed by atoms with Crippen LogP contribution in [0.1, 0.15) is 13.8 Å². The van der Waals surface area contributed by atoms with Crippen LogP contribution in [0.25, 0.3) is 11.0 Å². The molecule has 0 aliphatic heterocycles. The third-order valence-electron chi connectivity index (χ3n) is 2.51. The number of fused-ring (bicyclic) bond motifs is 1. The molecule has 92 valence electrons. The van der Waals surface area contributed by atoms with E-state index in [0.29, 0.717) is 11.9 Å². The zero-order valence-corrected chi connectivity index (χ0v) is 10.7. The zero-order chi connectivity index (χ0) is 12.4. The number of hydrogen-bond acceptors (Lipinski definition) is 5. The summed E-state index contributed by atoms with van der Waals surface area (Å²) < 4.78 is 0. The Kier molecular flexibility index (Phi) is 3.12. The van der Waals surface area contributed by atoms with Crippen LogP contribution in [0.2, 0.25) is 0 Å². The summed E-state index contributed by atoms with van der Waals surface area (Å²) in [5.74, 6) is 2.09. The van der Waals surface area contributed by atoms with Crippen LogP contribution < -0.4 is 10.2 Å². The molecule has 2 rings (SSSR count). The van der Waals surface area contributed by atoms with E-state index in [1.807, 2.05) is 14.1 Å². The monoisotopic (exact) mass is 234 g/mol. The molecular formula is C11H18N6. The van der Waals surface area contributed by atoms with E-state index in [0.717, 1.165) is 23.4 Å². The minimum atomic E-state index is 0.579. The predicted molar refractivity (Wildman–Crippen MR) is 69.3 cm³/mol. The van der Waals surface area contributed by atoms with Crippen molar-refractivity contribution in [2.75, 3.05) is 30.9 Å². The predicted octanol–water partition coefficient (Wildman–Crippen LogP) is 1.49. The maximum absolute atomic E-state index is 4.49. The van der Waals surface area contributed by atoms with Crippen LogP contribution in [-0.2, 0) is 0 Å². The van der Waals surface area contributed by atoms with Gasteiger partial charge in [0.25, 0.3) is 0 Å². The van der Waals surface area contributed by atoms with Gasteiger partial charge in [0.15, 0.2) is 5.65 Å². The van der Waals surface area contributed by atoms with Crippen LogP contribution >= 0.6 is 0 Å². The Hall–Kier alpha value is -1.85. The second-order valence-corrected chi connectivity index (χ2v) is 4.53. The molecule has 0 fully saturated rings. The molecule has 2 heterocycles. The van der Waals surface area contributed by atoms with Gasteiger partial charge in [-0.2, -0.15) is 15.1 Å². The number of rotatable bonds is 4. The van der Waals surface area contributed by atoms with Crippen LogP contribution in [0.5, 0.6) is 0 Å². The summed E-state index contributed by atoms with van der Waals surface area (Å²) in [7, 11) is 3.85. The molecule has 0 atom stereocenters. The van der Waals surface area contributed by atoms with Gasteiger partial charge < -0.3 is 10.2 Å². The largest absolute Gasteiger partial charge is 0.359 e. The highest BCUT2D eigenvalue weighted by Gasteiger charge is 2.13. The van der Waals surface area contributed by atoms with E-state index in [1.54, 1.807) is 6.20 Å². The number of hydrogen-bond donors (Lipinski definition) is 2. The first-order chi connectivity index (χ1) is 8.11. The summed E-state index contributed by atoms with van der Waals surface area (Å²) in [4.78, 5) is 10.9. The SMILES string of the molecule is CNc1nc(N(C)CC(C)C)c2cn[nH]c2n1. The lowest BCUT2D eigenvalue weighted by atomic mass is 10.2. The lowest BCUT2D eigenvalue weighted by Gasteiger charge is -2.21. The first-order valence-electron chi connectivity index (χ1n) is 5.71. The van der Waals surface area contributed by atoms with E-state index in [9.17, 15) is 0 Å². The molecule has 0 aromatic carbocycles. The highest BCUT2D eigenvalue weighted by molar-refractivity contribution is 5.87. The topological polar surface area (TPSA) is 69.7 Å². The molecule has 6 heteroatoms. The molecule has 2 aromatic heterocycles. The van der Waals surface area contributed by atoms with Crippen LogP contribution in [0.3, 0.4) is 0 Å². The maximum Gasteiger partial charge on any atom is 0.226 e. The number of aromatic amines is 1. The molecule has 6 nitrogen and oxygen atoms in total. The molecule has 0 radical (unpaired) electrons. The summed E-state index contributed by atoms with van der Waals surface area (Å²) in [5, 5.41) is 10.8. The van der Waals surface area contributed by atoms with E-state index in [1.165, 1.54) is 0 Å². The fourth-order valence-electron chi connectivity index (χ4n) is 1.86. The van der Waals surface area contributed by atoms with Crippen LogP contribution in [0, 0.1) is 5.92 Å². The maximum atomic E-state index is 4.49. The van der Waals surface area contributed by atoms with E-state index in [-0.39, 0.29) is 0 Å². The second kappa shape index (κ2) is 4.57. The fourth-order valence-corrected chi connectivity index (χ4v) is 1.86. The third kappa shape index (κ3) is 2.30. The third-order valence-corrected chi connectivity index (χ3v) is 2.51. The van der Waals surface area contributed by atoms with Gasteiger partial charge in [0, 0.05) is 20.6 Å². The van der Waals surface area contributed by atoms with Crippen molar-refractivity contribution in [3.8, 4) is 0 Å². The zero-order valence-electron chi connectivity index (χ0n) is 10.7. The van der Waals surface area contributed by atoms with Crippen molar-refractivity contribution in [2.45, 2.75) is 13.8 Å². The molecule has 0 amide bonds. The van der Waals surface area contributed by atoms with E-state index in [4.69, 9.17) is 0 Å². The van der Waals surface area contributed by atoms with Gasteiger partial charge in [0.2, 0.25) is 5.95 Å². The summed E-state index contributed by atoms with van der Waals surface area (Å²) in [6.07, 6.45) is 1.76. The van der Waals surface area contributed by atoms with Gasteiger partial charge in [-0.05, 0) is 5.92 Å². The molecule has 0 unspecified atom stereocenters. The summed E-state index contributed by atoms with van der Waals surface area (Å²) in [6.45, 7) is 5.31. The summed E-state index contributed by atoms with van der Waals surface area (Å²) >= 11 is 0. The van der Waals surface area contributed by atoms with Crippen molar-refractivity contribution < 1.29 is 0 Å². The average molecular weight is 234 g/mol. The van der Waals surface area contributed by atoms with Gasteiger partial charge in [-0.25, -0.2) is 0 Å². The molecule has 0 saturated heterocycles. The highest BCUT2D eigenvalue weighted by atomic mass is 15.2. The number of H-pyrrole nitrogens is 1. The van der Waals surface area contributed by atoms with Gasteiger partial charge in [0.1, 0.15) is 5.82 Å². The molecule has 0 bridgehead atoms. The van der Waals surface area contributed by atoms with E-state index >= 15 is 0 Å². The Bertz CT molecular complexity index is 504. The minimum Gasteiger partial charge on any atom is -0.359 e. The Balaban J connectivity index is 2.46. The lowest BCUT2D eigenvalue weighted by Crippen LogP contribution is -2.24. The van der Waals surface area contributed by atoms with Gasteiger partial charge >= 0.3 is 0 Å². The Labute approximate surface area is 100 Å². The second-order valence-electron chi connectivity index (χ2n) is 4.53. The van der Waals surface area contributed by atoms with E-state index in [2.05, 4.69) is 44.2 Å². The Morgan fingerprint density at radius 2 is 2.18 bits per heavy atom. The first kappa shape index (κ1) is 11.6. The Morgan fingerprint density at radius 1 is 1.41 bits per heavy atom. The lowest BCUT2D eigenvalue weighted by molar-refractivity contribution is 0.636. The van der Waals surface area contributed by atoms with Crippen molar-refractivity contribution >= 4 is 22.8 Å². The van der Waals surface area contributed by atoms with Crippen molar-refractivity contribution in [1.29, 1.82) is 0 Å². The van der Waals surface area contributed by atoms with Crippen molar-refractivity contribution in [3.63, 3.8) is 0 Å². The standard InChI is InChI=1S/C11H18N6/c1-7(2)6-17(4)10-8-5-13-16-9(8)14-11(12-3)15-10/h5,7H,6H2,1-4H3,(H2,12,13,14,15,16). The van der Waals surface area contributed by atoms with Crippen molar-refractivity contribution in [3.05, 3.63) is 6.20 Å². The molecule has 0 aliphatic carbocycles. The number of aromatic nitrogens is 4. The first-order valence-corrected chi connectivity index (χ1v) is 5.71. The molecular weight excluding hydrogens is 216 g/mol. The molecule has 2 N–H and O–H groups in total. The minimum absolute atomic E-state index is 0.579. The normalized spacial score (nSPS) is 11.1. The molecule has 0 saturated carbocycles. The highest BCUT2D eigenvalue weighted by Crippen LogP contribution is 2.23. The number of anilines is 2. The van der Waals surface area contributed by atoms with Crippen LogP contribution in [0.4, 0.5) is 11.8 Å². The molecule has 2 aromatic rings. The Morgan fingerprint density at radius 3 is 2.82 bits per heavy atom. The molecule has 0 aliphatic rings. The number of nitrogens with zero attached hydrogens (tertiary/aromatic N) is 4. The van der Waals surface area contributed by atoms with Crippen LogP contribution in [-0.4, -0.2) is 40.8 Å².